The zero-order valence-corrected chi connectivity index (χ0v) is 20.8. The number of fused-ring (bicyclic) bond motifs is 1. The van der Waals surface area contributed by atoms with Gasteiger partial charge in [-0.15, -0.1) is 0 Å². The number of carbonyl (C=O) groups excluding carboxylic acids is 1. The molecule has 1 amide bonds. The molecule has 1 saturated heterocycles. The Morgan fingerprint density at radius 2 is 1.76 bits per heavy atom. The predicted molar refractivity (Wildman–Crippen MR) is 144 cm³/mol. The molecule has 10 heteroatoms. The van der Waals surface area contributed by atoms with Gasteiger partial charge in [-0.25, -0.2) is 19.3 Å². The second kappa shape index (κ2) is 9.98. The molecular weight excluding hydrogens is 483 g/mol. The molecule has 0 spiro atoms. The SMILES string of the molecule is CN1CCN(c2ccc3nc(-c4ccc(F)cc4)n(-c4ccnc(NC(=O)c5cccnc5)c4)c3n2)CC1. The van der Waals surface area contributed by atoms with Crippen LogP contribution >= 0.6 is 0 Å². The first kappa shape index (κ1) is 23.7. The molecular formula is C28H25FN8O. The smallest absolute Gasteiger partial charge is 0.258 e. The molecule has 9 nitrogen and oxygen atoms in total. The summed E-state index contributed by atoms with van der Waals surface area (Å²) in [4.78, 5) is 35.5. The number of piperazine rings is 1. The molecule has 0 aliphatic carbocycles. The zero-order valence-electron chi connectivity index (χ0n) is 20.8. The highest BCUT2D eigenvalue weighted by molar-refractivity contribution is 6.03. The third-order valence-corrected chi connectivity index (χ3v) is 6.59. The average Bonchev–Trinajstić information content (AvgIpc) is 3.33. The fraction of sp³-hybridized carbons (Fsp3) is 0.179. The Kier molecular flexibility index (Phi) is 6.22. The molecule has 1 aromatic carbocycles. The topological polar surface area (TPSA) is 92.1 Å². The largest absolute Gasteiger partial charge is 0.354 e. The van der Waals surface area contributed by atoms with E-state index in [0.717, 1.165) is 37.6 Å². The molecule has 38 heavy (non-hydrogen) atoms. The molecule has 1 aliphatic heterocycles. The lowest BCUT2D eigenvalue weighted by atomic mass is 10.2. The van der Waals surface area contributed by atoms with Crippen molar-refractivity contribution in [1.82, 2.24) is 29.4 Å². The van der Waals surface area contributed by atoms with Gasteiger partial charge in [0.1, 0.15) is 28.8 Å². The van der Waals surface area contributed by atoms with E-state index in [9.17, 15) is 9.18 Å². The summed E-state index contributed by atoms with van der Waals surface area (Å²) in [6.45, 7) is 3.69. The monoisotopic (exact) mass is 508 g/mol. The Hall–Kier alpha value is -4.70. The average molecular weight is 509 g/mol. The van der Waals surface area contributed by atoms with Crippen LogP contribution in [0.5, 0.6) is 0 Å². The first-order valence-corrected chi connectivity index (χ1v) is 12.3. The van der Waals surface area contributed by atoms with Crippen molar-refractivity contribution in [3.8, 4) is 17.1 Å². The standard InChI is InChI=1S/C28H25FN8O/c1-35-13-15-36(16-14-35)25-9-8-23-27(34-25)37(26(32-23)19-4-6-21(29)7-5-19)22-10-12-31-24(17-22)33-28(38)20-3-2-11-30-18-20/h2-12,17-18H,13-16H2,1H3,(H,31,33,38). The van der Waals surface area contributed by atoms with Gasteiger partial charge in [-0.2, -0.15) is 0 Å². The Morgan fingerprint density at radius 3 is 2.53 bits per heavy atom. The molecule has 0 radical (unpaired) electrons. The maximum Gasteiger partial charge on any atom is 0.258 e. The lowest BCUT2D eigenvalue weighted by molar-refractivity contribution is 0.102. The van der Waals surface area contributed by atoms with Crippen LogP contribution < -0.4 is 10.2 Å². The van der Waals surface area contributed by atoms with Crippen LogP contribution in [0.4, 0.5) is 16.0 Å². The number of hydrogen-bond donors (Lipinski definition) is 1. The van der Waals surface area contributed by atoms with Gasteiger partial charge in [0.15, 0.2) is 5.65 Å². The second-order valence-electron chi connectivity index (χ2n) is 9.18. The van der Waals surface area contributed by atoms with E-state index in [-0.39, 0.29) is 11.7 Å². The zero-order chi connectivity index (χ0) is 26.1. The van der Waals surface area contributed by atoms with Crippen LogP contribution in [0.15, 0.2) is 79.3 Å². The summed E-state index contributed by atoms with van der Waals surface area (Å²) in [7, 11) is 2.12. The molecule has 5 aromatic rings. The maximum absolute atomic E-state index is 13.7. The van der Waals surface area contributed by atoms with Crippen LogP contribution in [0, 0.1) is 5.82 Å². The van der Waals surface area contributed by atoms with Crippen LogP contribution in [0.2, 0.25) is 0 Å². The van der Waals surface area contributed by atoms with E-state index in [4.69, 9.17) is 9.97 Å². The minimum absolute atomic E-state index is 0.313. The molecule has 1 N–H and O–H groups in total. The van der Waals surface area contributed by atoms with Crippen LogP contribution in [-0.2, 0) is 0 Å². The maximum atomic E-state index is 13.7. The van der Waals surface area contributed by atoms with Crippen LogP contribution in [-0.4, -0.2) is 68.5 Å². The summed E-state index contributed by atoms with van der Waals surface area (Å²) in [6, 6.07) is 17.2. The van der Waals surface area contributed by atoms with Crippen molar-refractivity contribution in [3.63, 3.8) is 0 Å². The minimum Gasteiger partial charge on any atom is -0.354 e. The third kappa shape index (κ3) is 4.69. The molecule has 6 rings (SSSR count). The molecule has 0 bridgehead atoms. The lowest BCUT2D eigenvalue weighted by Gasteiger charge is -2.33. The van der Waals surface area contributed by atoms with E-state index < -0.39 is 0 Å². The Labute approximate surface area is 218 Å². The number of nitrogens with zero attached hydrogens (tertiary/aromatic N) is 7. The van der Waals surface area contributed by atoms with Gasteiger partial charge in [0.25, 0.3) is 5.91 Å². The van der Waals surface area contributed by atoms with Gasteiger partial charge in [0, 0.05) is 56.4 Å². The number of hydrogen-bond acceptors (Lipinski definition) is 7. The van der Waals surface area contributed by atoms with Crippen LogP contribution in [0.3, 0.4) is 0 Å². The number of benzene rings is 1. The number of rotatable bonds is 5. The fourth-order valence-electron chi connectivity index (χ4n) is 4.51. The van der Waals surface area contributed by atoms with E-state index in [1.54, 1.807) is 42.7 Å². The van der Waals surface area contributed by atoms with Crippen molar-refractivity contribution in [1.29, 1.82) is 0 Å². The van der Waals surface area contributed by atoms with Crippen molar-refractivity contribution < 1.29 is 9.18 Å². The van der Waals surface area contributed by atoms with Crippen molar-refractivity contribution in [2.24, 2.45) is 0 Å². The van der Waals surface area contributed by atoms with Crippen LogP contribution in [0.25, 0.3) is 28.2 Å². The summed E-state index contributed by atoms with van der Waals surface area (Å²) in [5.41, 5.74) is 3.25. The molecule has 0 saturated carbocycles. The molecule has 4 aromatic heterocycles. The molecule has 1 fully saturated rings. The molecule has 190 valence electrons. The Bertz CT molecular complexity index is 1600. The second-order valence-corrected chi connectivity index (χ2v) is 9.18. The Balaban J connectivity index is 1.44. The van der Waals surface area contributed by atoms with Gasteiger partial charge in [0.2, 0.25) is 0 Å². The highest BCUT2D eigenvalue weighted by Crippen LogP contribution is 2.30. The van der Waals surface area contributed by atoms with Crippen molar-refractivity contribution in [2.45, 2.75) is 0 Å². The van der Waals surface area contributed by atoms with Gasteiger partial charge < -0.3 is 15.1 Å². The number of pyridine rings is 3. The van der Waals surface area contributed by atoms with Gasteiger partial charge in [-0.1, -0.05) is 0 Å². The summed E-state index contributed by atoms with van der Waals surface area (Å²) in [5, 5.41) is 2.84. The quantitative estimate of drug-likeness (QED) is 0.383. The van der Waals surface area contributed by atoms with E-state index in [0.29, 0.717) is 34.1 Å². The number of halogens is 1. The van der Waals surface area contributed by atoms with Gasteiger partial charge in [-0.3, -0.25) is 14.3 Å². The highest BCUT2D eigenvalue weighted by Gasteiger charge is 2.20. The van der Waals surface area contributed by atoms with Crippen molar-refractivity contribution in [2.75, 3.05) is 43.4 Å². The summed E-state index contributed by atoms with van der Waals surface area (Å²) < 4.78 is 15.6. The van der Waals surface area contributed by atoms with Gasteiger partial charge >= 0.3 is 0 Å². The van der Waals surface area contributed by atoms with E-state index in [1.807, 2.05) is 22.8 Å². The van der Waals surface area contributed by atoms with Crippen LogP contribution in [0.1, 0.15) is 10.4 Å². The fourth-order valence-corrected chi connectivity index (χ4v) is 4.51. The number of imidazole rings is 1. The summed E-state index contributed by atoms with van der Waals surface area (Å²) in [6.07, 6.45) is 4.73. The summed E-state index contributed by atoms with van der Waals surface area (Å²) >= 11 is 0. The molecule has 5 heterocycles. The molecule has 0 unspecified atom stereocenters. The number of amides is 1. The Morgan fingerprint density at radius 1 is 0.947 bits per heavy atom. The third-order valence-electron chi connectivity index (χ3n) is 6.59. The predicted octanol–water partition coefficient (Wildman–Crippen LogP) is 4.02. The lowest BCUT2D eigenvalue weighted by Crippen LogP contribution is -2.44. The van der Waals surface area contributed by atoms with Crippen molar-refractivity contribution >= 4 is 28.7 Å². The summed E-state index contributed by atoms with van der Waals surface area (Å²) in [5.74, 6) is 1.22. The number of aromatic nitrogens is 5. The normalized spacial score (nSPS) is 14.1. The van der Waals surface area contributed by atoms with Crippen molar-refractivity contribution in [3.05, 3.63) is 90.6 Å². The number of nitrogens with one attached hydrogen (secondary N) is 1. The van der Waals surface area contributed by atoms with E-state index in [1.165, 1.54) is 18.3 Å². The molecule has 0 atom stereocenters. The minimum atomic E-state index is -0.323. The first-order valence-electron chi connectivity index (χ1n) is 12.3. The first-order chi connectivity index (χ1) is 18.5. The highest BCUT2D eigenvalue weighted by atomic mass is 19.1. The number of carbonyl (C=O) groups is 1. The molecule has 1 aliphatic rings. The van der Waals surface area contributed by atoms with Gasteiger partial charge in [0.05, 0.1) is 11.3 Å². The van der Waals surface area contributed by atoms with E-state index in [2.05, 4.69) is 32.1 Å². The number of anilines is 2. The van der Waals surface area contributed by atoms with Gasteiger partial charge in [-0.05, 0) is 61.6 Å². The number of likely N-dealkylation sites (N-methyl/N-ethyl adjacent to an activating group) is 1. The van der Waals surface area contributed by atoms with E-state index >= 15 is 0 Å².